The molecule has 2 aromatic carbocycles. The predicted molar refractivity (Wildman–Crippen MR) is 134 cm³/mol. The topological polar surface area (TPSA) is 115 Å². The third-order valence-corrected chi connectivity index (χ3v) is 5.94. The molecule has 10 heteroatoms. The molecule has 0 saturated carbocycles. The van der Waals surface area contributed by atoms with Gasteiger partial charge in [-0.05, 0) is 65.7 Å². The van der Waals surface area contributed by atoms with Crippen LogP contribution in [0.4, 0.5) is 5.69 Å². The fourth-order valence-electron chi connectivity index (χ4n) is 2.97. The minimum Gasteiger partial charge on any atom is -0.506 e. The average Bonchev–Trinajstić information content (AvgIpc) is 3.08. The number of carboxylic acid groups (broad SMARTS) is 1. The number of aliphatic hydroxyl groups excluding tert-OH is 1. The van der Waals surface area contributed by atoms with Gasteiger partial charge in [0.2, 0.25) is 0 Å². The summed E-state index contributed by atoms with van der Waals surface area (Å²) in [7, 11) is 0. The molecular weight excluding hydrogens is 526 g/mol. The minimum absolute atomic E-state index is 0.00698. The second kappa shape index (κ2) is 11.8. The Morgan fingerprint density at radius 1 is 1.12 bits per heavy atom. The number of aliphatic imine (C=N–C) groups is 1. The van der Waals surface area contributed by atoms with E-state index in [1.54, 1.807) is 44.2 Å². The summed E-state index contributed by atoms with van der Waals surface area (Å²) in [6.45, 7) is 3.43. The van der Waals surface area contributed by atoms with E-state index in [0.29, 0.717) is 38.0 Å². The summed E-state index contributed by atoms with van der Waals surface area (Å²) in [6, 6.07) is 12.4. The van der Waals surface area contributed by atoms with E-state index >= 15 is 0 Å². The first-order valence-electron chi connectivity index (χ1n) is 10.3. The molecule has 1 aliphatic rings. The number of hydrogen-bond donors (Lipinski definition) is 2. The molecule has 0 spiro atoms. The molecule has 2 N–H and O–H groups in total. The maximum absolute atomic E-state index is 12.6. The van der Waals surface area contributed by atoms with Crippen LogP contribution in [0.25, 0.3) is 6.08 Å². The summed E-state index contributed by atoms with van der Waals surface area (Å²) in [5.41, 5.74) is 1.24. The smallest absolute Gasteiger partial charge is 0.344 e. The lowest BCUT2D eigenvalue weighted by Crippen LogP contribution is -2.12. The van der Waals surface area contributed by atoms with E-state index in [2.05, 4.69) is 20.9 Å². The van der Waals surface area contributed by atoms with Gasteiger partial charge in [-0.3, -0.25) is 0 Å². The number of para-hydroxylation sites is 1. The van der Waals surface area contributed by atoms with Gasteiger partial charge in [0.05, 0.1) is 28.3 Å². The number of esters is 1. The van der Waals surface area contributed by atoms with E-state index in [0.717, 1.165) is 11.8 Å². The number of carbonyl (C=O) groups excluding carboxylic acids is 1. The van der Waals surface area contributed by atoms with Crippen LogP contribution < -0.4 is 9.47 Å². The van der Waals surface area contributed by atoms with Gasteiger partial charge in [-0.2, -0.15) is 0 Å². The van der Waals surface area contributed by atoms with E-state index in [1.165, 1.54) is 0 Å². The van der Waals surface area contributed by atoms with Crippen molar-refractivity contribution in [3.8, 4) is 11.5 Å². The molecule has 34 heavy (non-hydrogen) atoms. The number of ether oxygens (including phenoxy) is 3. The third-order valence-electron chi connectivity index (χ3n) is 4.33. The number of nitrogens with zero attached hydrogens (tertiary/aromatic N) is 1. The van der Waals surface area contributed by atoms with Crippen molar-refractivity contribution < 1.29 is 34.0 Å². The van der Waals surface area contributed by atoms with Crippen molar-refractivity contribution in [1.82, 2.24) is 0 Å². The lowest BCUT2D eigenvalue weighted by Gasteiger charge is -2.13. The highest BCUT2D eigenvalue weighted by molar-refractivity contribution is 9.10. The number of carbonyl (C=O) groups is 2. The zero-order chi connectivity index (χ0) is 24.7. The first kappa shape index (κ1) is 25.4. The SMILES string of the molecule is CCOC(=O)C1=C(O)/C(=C/c2cc(Br)c(OCC(=O)O)c(OCC)c2)SC1=Nc1ccccc1. The number of benzene rings is 2. The first-order valence-corrected chi connectivity index (χ1v) is 11.9. The summed E-state index contributed by atoms with van der Waals surface area (Å²) in [5, 5.41) is 20.1. The van der Waals surface area contributed by atoms with Crippen molar-refractivity contribution >= 4 is 56.4 Å². The Kier molecular flexibility index (Phi) is 8.78. The maximum Gasteiger partial charge on any atom is 0.344 e. The average molecular weight is 548 g/mol. The molecule has 2 aromatic rings. The Balaban J connectivity index is 2.03. The number of halogens is 1. The summed E-state index contributed by atoms with van der Waals surface area (Å²) in [5.74, 6) is -1.43. The van der Waals surface area contributed by atoms with Gasteiger partial charge in [0.1, 0.15) is 16.4 Å². The lowest BCUT2D eigenvalue weighted by atomic mass is 10.1. The van der Waals surface area contributed by atoms with Crippen LogP contribution in [0, 0.1) is 0 Å². The van der Waals surface area contributed by atoms with Crippen molar-refractivity contribution in [3.63, 3.8) is 0 Å². The minimum atomic E-state index is -1.12. The Morgan fingerprint density at radius 3 is 2.50 bits per heavy atom. The van der Waals surface area contributed by atoms with Gasteiger partial charge in [-0.15, -0.1) is 0 Å². The third kappa shape index (κ3) is 6.21. The second-order valence-corrected chi connectivity index (χ2v) is 8.64. The van der Waals surface area contributed by atoms with Crippen LogP contribution in [0.3, 0.4) is 0 Å². The van der Waals surface area contributed by atoms with Crippen LogP contribution >= 0.6 is 27.7 Å². The Labute approximate surface area is 209 Å². The van der Waals surface area contributed by atoms with E-state index in [9.17, 15) is 14.7 Å². The first-order chi connectivity index (χ1) is 16.3. The standard InChI is InChI=1S/C24H22BrNO7S/c1-3-31-17-11-14(10-16(25)22(17)33-13-19(27)28)12-18-21(29)20(24(30)32-4-2)23(34-18)26-15-8-6-5-7-9-15/h5-12,29H,3-4,13H2,1-2H3,(H,27,28)/b18-12-,26-23?. The summed E-state index contributed by atoms with van der Waals surface area (Å²) < 4.78 is 16.6. The van der Waals surface area contributed by atoms with Gasteiger partial charge in [0.15, 0.2) is 18.1 Å². The van der Waals surface area contributed by atoms with Crippen LogP contribution in [-0.2, 0) is 14.3 Å². The highest BCUT2D eigenvalue weighted by atomic mass is 79.9. The number of hydrogen-bond acceptors (Lipinski definition) is 8. The molecule has 0 unspecified atom stereocenters. The zero-order valence-corrected chi connectivity index (χ0v) is 20.8. The monoisotopic (exact) mass is 547 g/mol. The van der Waals surface area contributed by atoms with Gasteiger partial charge in [0, 0.05) is 0 Å². The molecule has 0 amide bonds. The van der Waals surface area contributed by atoms with Crippen molar-refractivity contribution in [2.24, 2.45) is 4.99 Å². The van der Waals surface area contributed by atoms with Crippen LogP contribution in [0.1, 0.15) is 19.4 Å². The highest BCUT2D eigenvalue weighted by Crippen LogP contribution is 2.42. The van der Waals surface area contributed by atoms with Crippen molar-refractivity contribution in [3.05, 3.63) is 68.7 Å². The van der Waals surface area contributed by atoms with E-state index in [1.807, 2.05) is 18.2 Å². The van der Waals surface area contributed by atoms with Gasteiger partial charge >= 0.3 is 11.9 Å². The molecule has 0 fully saturated rings. The van der Waals surface area contributed by atoms with E-state index < -0.39 is 18.5 Å². The molecule has 3 rings (SSSR count). The van der Waals surface area contributed by atoms with Gasteiger partial charge in [-0.25, -0.2) is 14.6 Å². The molecule has 1 heterocycles. The molecule has 0 atom stereocenters. The van der Waals surface area contributed by atoms with Gasteiger partial charge < -0.3 is 24.4 Å². The number of aliphatic carboxylic acids is 1. The molecule has 0 aromatic heterocycles. The van der Waals surface area contributed by atoms with Gasteiger partial charge in [0.25, 0.3) is 0 Å². The number of rotatable bonds is 9. The predicted octanol–water partition coefficient (Wildman–Crippen LogP) is 5.50. The lowest BCUT2D eigenvalue weighted by molar-refractivity contribution is -0.139. The summed E-state index contributed by atoms with van der Waals surface area (Å²) >= 11 is 4.52. The molecule has 8 nitrogen and oxygen atoms in total. The number of aliphatic hydroxyl groups is 1. The second-order valence-electron chi connectivity index (χ2n) is 6.75. The molecule has 0 bridgehead atoms. The van der Waals surface area contributed by atoms with Gasteiger partial charge in [-0.1, -0.05) is 30.0 Å². The fraction of sp³-hybridized carbons (Fsp3) is 0.208. The normalized spacial score (nSPS) is 15.6. The van der Waals surface area contributed by atoms with Crippen LogP contribution in [0.5, 0.6) is 11.5 Å². The maximum atomic E-state index is 12.6. The zero-order valence-electron chi connectivity index (χ0n) is 18.4. The van der Waals surface area contributed by atoms with Crippen molar-refractivity contribution in [2.45, 2.75) is 13.8 Å². The molecule has 178 valence electrons. The number of carboxylic acids is 1. The van der Waals surface area contributed by atoms with E-state index in [-0.39, 0.29) is 23.7 Å². The quantitative estimate of drug-likeness (QED) is 0.395. The molecular formula is C24H22BrNO7S. The largest absolute Gasteiger partial charge is 0.506 e. The van der Waals surface area contributed by atoms with Crippen LogP contribution in [0.2, 0.25) is 0 Å². The molecule has 0 radical (unpaired) electrons. The number of thioether (sulfide) groups is 1. The van der Waals surface area contributed by atoms with Crippen molar-refractivity contribution in [1.29, 1.82) is 0 Å². The molecule has 0 aliphatic carbocycles. The Hall–Kier alpha value is -3.24. The fourth-order valence-corrected chi connectivity index (χ4v) is 4.58. The molecule has 0 saturated heterocycles. The van der Waals surface area contributed by atoms with Crippen molar-refractivity contribution in [2.75, 3.05) is 19.8 Å². The van der Waals surface area contributed by atoms with Crippen LogP contribution in [-0.4, -0.2) is 47.0 Å². The summed E-state index contributed by atoms with van der Waals surface area (Å²) in [4.78, 5) is 28.4. The molecule has 1 aliphatic heterocycles. The Morgan fingerprint density at radius 2 is 1.85 bits per heavy atom. The summed E-state index contributed by atoms with van der Waals surface area (Å²) in [6.07, 6.45) is 1.67. The Bertz CT molecular complexity index is 1180. The van der Waals surface area contributed by atoms with E-state index in [4.69, 9.17) is 19.3 Å². The highest BCUT2D eigenvalue weighted by Gasteiger charge is 2.33. The van der Waals surface area contributed by atoms with Crippen LogP contribution in [0.15, 0.2) is 68.2 Å².